The molecule has 3 aliphatic rings. The third-order valence-electron chi connectivity index (χ3n) is 9.78. The number of phenols is 1. The van der Waals surface area contributed by atoms with E-state index in [1.54, 1.807) is 35.2 Å². The van der Waals surface area contributed by atoms with Crippen LogP contribution in [-0.2, 0) is 9.47 Å². The number of nitrogens with zero attached hydrogens (tertiary/aromatic N) is 6. The van der Waals surface area contributed by atoms with Crippen molar-refractivity contribution < 1.29 is 23.8 Å². The summed E-state index contributed by atoms with van der Waals surface area (Å²) in [5, 5.41) is 22.6. The summed E-state index contributed by atoms with van der Waals surface area (Å²) in [6.07, 6.45) is 7.39. The average Bonchev–Trinajstić information content (AvgIpc) is 3.41. The number of carbonyl (C=O) groups excluding carboxylic acids is 1. The number of rotatable bonds is 6. The highest BCUT2D eigenvalue weighted by molar-refractivity contribution is 5.69. The SMILES string of the molecule is CC(C1CCN([C@H]2C[C@H](OC3CCN(C(=O)OC(C)(C)C)CC3)C2)CC1)n1ncc(C#Cc2cc(-c3ccccc3O)nnc2N)c1F. The fourth-order valence-corrected chi connectivity index (χ4v) is 6.86. The van der Waals surface area contributed by atoms with Crippen LogP contribution in [0.5, 0.6) is 5.75 Å². The molecule has 0 radical (unpaired) electrons. The van der Waals surface area contributed by atoms with Gasteiger partial charge >= 0.3 is 6.09 Å². The molecule has 1 saturated carbocycles. The Morgan fingerprint density at radius 2 is 1.71 bits per heavy atom. The van der Waals surface area contributed by atoms with Crippen LogP contribution in [0.15, 0.2) is 36.5 Å². The van der Waals surface area contributed by atoms with Gasteiger partial charge in [-0.05, 0) is 103 Å². The Bertz CT molecular complexity index is 1660. The number of nitrogen functional groups attached to an aromatic ring is 1. The molecule has 11 nitrogen and oxygen atoms in total. The molecule has 1 aromatic carbocycles. The molecule has 1 unspecified atom stereocenters. The molecule has 12 heteroatoms. The topological polar surface area (TPSA) is 132 Å². The lowest BCUT2D eigenvalue weighted by molar-refractivity contribution is -0.107. The number of amides is 1. The summed E-state index contributed by atoms with van der Waals surface area (Å²) < 4.78 is 28.9. The molecular formula is C36H46FN7O4. The van der Waals surface area contributed by atoms with E-state index in [4.69, 9.17) is 15.2 Å². The normalized spacial score (nSPS) is 21.6. The quantitative estimate of drug-likeness (QED) is 0.335. The fraction of sp³-hybridized carbons (Fsp3) is 0.556. The van der Waals surface area contributed by atoms with Crippen molar-refractivity contribution in [2.24, 2.45) is 5.92 Å². The lowest BCUT2D eigenvalue weighted by Gasteiger charge is -2.47. The van der Waals surface area contributed by atoms with Crippen molar-refractivity contribution in [3.63, 3.8) is 0 Å². The molecule has 0 bridgehead atoms. The van der Waals surface area contributed by atoms with Crippen LogP contribution >= 0.6 is 0 Å². The largest absolute Gasteiger partial charge is 0.507 e. The molecule has 3 N–H and O–H groups in total. The van der Waals surface area contributed by atoms with Gasteiger partial charge in [-0.2, -0.15) is 9.49 Å². The Labute approximate surface area is 281 Å². The molecule has 48 heavy (non-hydrogen) atoms. The minimum atomic E-state index is -0.483. The van der Waals surface area contributed by atoms with E-state index in [0.717, 1.165) is 51.6 Å². The first-order chi connectivity index (χ1) is 22.9. The molecule has 6 rings (SSSR count). The molecule has 2 aromatic heterocycles. The molecule has 1 amide bonds. The maximum atomic E-state index is 15.5. The number of hydrogen-bond donors (Lipinski definition) is 2. The summed E-state index contributed by atoms with van der Waals surface area (Å²) in [6, 6.07) is 8.85. The van der Waals surface area contributed by atoms with Gasteiger partial charge in [-0.3, -0.25) is 0 Å². The number of carbonyl (C=O) groups is 1. The number of anilines is 1. The second-order valence-electron chi connectivity index (χ2n) is 14.3. The highest BCUT2D eigenvalue weighted by Gasteiger charge is 2.39. The van der Waals surface area contributed by atoms with Crippen LogP contribution in [0.2, 0.25) is 0 Å². The van der Waals surface area contributed by atoms with E-state index in [0.29, 0.717) is 41.9 Å². The fourth-order valence-electron chi connectivity index (χ4n) is 6.86. The summed E-state index contributed by atoms with van der Waals surface area (Å²) in [7, 11) is 0. The van der Waals surface area contributed by atoms with Crippen molar-refractivity contribution in [2.75, 3.05) is 31.9 Å². The second-order valence-corrected chi connectivity index (χ2v) is 14.3. The van der Waals surface area contributed by atoms with Crippen molar-refractivity contribution in [3.05, 3.63) is 53.6 Å². The summed E-state index contributed by atoms with van der Waals surface area (Å²) >= 11 is 0. The summed E-state index contributed by atoms with van der Waals surface area (Å²) in [5.74, 6) is 5.82. The van der Waals surface area contributed by atoms with E-state index >= 15 is 4.39 Å². The Hall–Kier alpha value is -4.21. The number of ether oxygens (including phenoxy) is 2. The molecule has 256 valence electrons. The highest BCUT2D eigenvalue weighted by atomic mass is 19.1. The molecular weight excluding hydrogens is 613 g/mol. The van der Waals surface area contributed by atoms with E-state index in [1.807, 2.05) is 27.7 Å². The van der Waals surface area contributed by atoms with Crippen molar-refractivity contribution in [1.82, 2.24) is 29.8 Å². The molecule has 1 aliphatic carbocycles. The highest BCUT2D eigenvalue weighted by Crippen LogP contribution is 2.36. The molecule has 0 spiro atoms. The third kappa shape index (κ3) is 7.74. The number of piperidine rings is 2. The van der Waals surface area contributed by atoms with E-state index in [1.165, 1.54) is 10.9 Å². The molecule has 1 atom stereocenters. The van der Waals surface area contributed by atoms with Gasteiger partial charge in [0.1, 0.15) is 11.4 Å². The zero-order chi connectivity index (χ0) is 34.0. The van der Waals surface area contributed by atoms with Crippen LogP contribution in [0.3, 0.4) is 0 Å². The van der Waals surface area contributed by atoms with Crippen LogP contribution in [0.25, 0.3) is 11.3 Å². The Balaban J connectivity index is 0.964. The number of halogens is 1. The smallest absolute Gasteiger partial charge is 0.410 e. The summed E-state index contributed by atoms with van der Waals surface area (Å²) in [6.45, 7) is 11.0. The number of aromatic hydroxyl groups is 1. The summed E-state index contributed by atoms with van der Waals surface area (Å²) in [4.78, 5) is 16.7. The van der Waals surface area contributed by atoms with E-state index in [-0.39, 0.29) is 41.5 Å². The van der Waals surface area contributed by atoms with Crippen molar-refractivity contribution in [3.8, 4) is 28.8 Å². The molecule has 3 aromatic rings. The number of benzene rings is 1. The predicted molar refractivity (Wildman–Crippen MR) is 179 cm³/mol. The maximum absolute atomic E-state index is 15.5. The number of likely N-dealkylation sites (tertiary alicyclic amines) is 2. The zero-order valence-electron chi connectivity index (χ0n) is 28.2. The van der Waals surface area contributed by atoms with Gasteiger partial charge in [0, 0.05) is 24.7 Å². The van der Waals surface area contributed by atoms with Crippen LogP contribution in [0.4, 0.5) is 15.0 Å². The average molecular weight is 660 g/mol. The van der Waals surface area contributed by atoms with Gasteiger partial charge in [0.25, 0.3) is 0 Å². The number of aromatic nitrogens is 4. The van der Waals surface area contributed by atoms with Gasteiger partial charge in [-0.15, -0.1) is 10.2 Å². The number of para-hydroxylation sites is 1. The Kier molecular flexibility index (Phi) is 9.90. The van der Waals surface area contributed by atoms with Crippen LogP contribution < -0.4 is 5.73 Å². The molecule has 2 aliphatic heterocycles. The lowest BCUT2D eigenvalue weighted by Crippen LogP contribution is -2.52. The summed E-state index contributed by atoms with van der Waals surface area (Å²) in [5.41, 5.74) is 7.03. The monoisotopic (exact) mass is 659 g/mol. The maximum Gasteiger partial charge on any atom is 0.410 e. The second kappa shape index (κ2) is 14.1. The van der Waals surface area contributed by atoms with Crippen molar-refractivity contribution in [1.29, 1.82) is 0 Å². The predicted octanol–water partition coefficient (Wildman–Crippen LogP) is 5.39. The first-order valence-corrected chi connectivity index (χ1v) is 17.0. The van der Waals surface area contributed by atoms with E-state index < -0.39 is 11.5 Å². The lowest BCUT2D eigenvalue weighted by atomic mass is 9.83. The van der Waals surface area contributed by atoms with Gasteiger partial charge in [0.2, 0.25) is 5.95 Å². The number of nitrogens with two attached hydrogens (primary N) is 1. The van der Waals surface area contributed by atoms with Gasteiger partial charge in [-0.25, -0.2) is 9.48 Å². The van der Waals surface area contributed by atoms with Gasteiger partial charge in [-0.1, -0.05) is 24.0 Å². The van der Waals surface area contributed by atoms with Crippen molar-refractivity contribution >= 4 is 11.9 Å². The minimum Gasteiger partial charge on any atom is -0.507 e. The molecule has 2 saturated heterocycles. The van der Waals surface area contributed by atoms with Crippen LogP contribution in [0.1, 0.15) is 83.4 Å². The standard InChI is InChI=1S/C36H46FN7O4/c1-23(44-33(37)26(22-39-44)10-9-25-19-31(40-41-34(25)38)30-7-5-6-8-32(30)45)24-11-15-42(16-12-24)27-20-29(21-27)47-28-13-17-43(18-14-28)35(46)48-36(2,3)4/h5-8,19,22-24,27-29,45H,11-18,20-21H2,1-4H3,(H2,38,41)/t23?,27-,29-. The zero-order valence-corrected chi connectivity index (χ0v) is 28.2. The Morgan fingerprint density at radius 1 is 1.02 bits per heavy atom. The van der Waals surface area contributed by atoms with E-state index in [2.05, 4.69) is 32.0 Å². The van der Waals surface area contributed by atoms with Crippen LogP contribution in [-0.4, -0.2) is 91.0 Å². The van der Waals surface area contributed by atoms with Crippen molar-refractivity contribution in [2.45, 2.75) is 96.1 Å². The molecule has 3 fully saturated rings. The first-order valence-electron chi connectivity index (χ1n) is 17.0. The first kappa shape index (κ1) is 33.7. The third-order valence-corrected chi connectivity index (χ3v) is 9.78. The van der Waals surface area contributed by atoms with E-state index in [9.17, 15) is 9.90 Å². The molecule has 4 heterocycles. The Morgan fingerprint density at radius 3 is 2.40 bits per heavy atom. The van der Waals surface area contributed by atoms with Gasteiger partial charge in [0.15, 0.2) is 5.82 Å². The number of phenolic OH excluding ortho intramolecular Hbond substituents is 1. The van der Waals surface area contributed by atoms with Crippen LogP contribution in [0, 0.1) is 23.7 Å². The minimum absolute atomic E-state index is 0.0685. The van der Waals surface area contributed by atoms with Gasteiger partial charge < -0.3 is 30.1 Å². The van der Waals surface area contributed by atoms with Gasteiger partial charge in [0.05, 0.1) is 41.3 Å². The number of hydrogen-bond acceptors (Lipinski definition) is 9.